The fourth-order valence-corrected chi connectivity index (χ4v) is 2.23. The molecule has 0 saturated carbocycles. The van der Waals surface area contributed by atoms with Gasteiger partial charge in [0.05, 0.1) is 11.5 Å². The van der Waals surface area contributed by atoms with Crippen molar-refractivity contribution in [1.29, 1.82) is 0 Å². The molecule has 2 aromatic heterocycles. The molecule has 8 heteroatoms. The number of hydrogen-bond donors (Lipinski definition) is 1. The van der Waals surface area contributed by atoms with E-state index in [0.717, 1.165) is 5.56 Å². The number of anilines is 2. The molecule has 0 aliphatic carbocycles. The molecule has 0 amide bonds. The Hall–Kier alpha value is -3.55. The molecule has 2 heterocycles. The number of rotatable bonds is 5. The Labute approximate surface area is 136 Å². The molecule has 24 heavy (non-hydrogen) atoms. The summed E-state index contributed by atoms with van der Waals surface area (Å²) in [6.07, 6.45) is 4.57. The van der Waals surface area contributed by atoms with Crippen molar-refractivity contribution < 1.29 is 4.92 Å². The fraction of sp³-hybridized carbons (Fsp3) is 0.0625. The highest BCUT2D eigenvalue weighted by molar-refractivity contribution is 5.65. The fourth-order valence-electron chi connectivity index (χ4n) is 2.23. The molecule has 0 radical (unpaired) electrons. The number of nitrogens with zero attached hydrogens (tertiary/aromatic N) is 4. The van der Waals surface area contributed by atoms with E-state index in [1.165, 1.54) is 29.1 Å². The van der Waals surface area contributed by atoms with E-state index in [2.05, 4.69) is 15.3 Å². The van der Waals surface area contributed by atoms with Gasteiger partial charge in [-0.3, -0.25) is 14.7 Å². The lowest BCUT2D eigenvalue weighted by molar-refractivity contribution is -0.384. The summed E-state index contributed by atoms with van der Waals surface area (Å²) in [5, 5.41) is 14.0. The summed E-state index contributed by atoms with van der Waals surface area (Å²) in [6.45, 7) is 0.354. The van der Waals surface area contributed by atoms with Crippen LogP contribution >= 0.6 is 0 Å². The molecule has 0 spiro atoms. The Morgan fingerprint density at radius 3 is 2.75 bits per heavy atom. The molecule has 0 aliphatic heterocycles. The van der Waals surface area contributed by atoms with Gasteiger partial charge in [0.25, 0.3) is 0 Å². The molecule has 1 aromatic carbocycles. The number of aromatic nitrogens is 3. The molecular weight excluding hydrogens is 310 g/mol. The summed E-state index contributed by atoms with van der Waals surface area (Å²) < 4.78 is 1.47. The second kappa shape index (κ2) is 6.69. The van der Waals surface area contributed by atoms with E-state index < -0.39 is 4.92 Å². The molecule has 0 unspecified atom stereocenters. The molecule has 0 atom stereocenters. The SMILES string of the molecule is O=c1ncccn1Cc1cccc(Nc2ncccc2[N+](=O)[O-])c1. The van der Waals surface area contributed by atoms with Gasteiger partial charge < -0.3 is 5.32 Å². The molecule has 120 valence electrons. The van der Waals surface area contributed by atoms with Crippen LogP contribution in [-0.4, -0.2) is 19.5 Å². The Kier molecular flexibility index (Phi) is 4.28. The summed E-state index contributed by atoms with van der Waals surface area (Å²) in [6, 6.07) is 11.8. The van der Waals surface area contributed by atoms with Crippen LogP contribution in [0.15, 0.2) is 65.8 Å². The van der Waals surface area contributed by atoms with E-state index >= 15 is 0 Å². The topological polar surface area (TPSA) is 103 Å². The zero-order valence-electron chi connectivity index (χ0n) is 12.5. The third kappa shape index (κ3) is 3.43. The maximum atomic E-state index is 11.7. The van der Waals surface area contributed by atoms with Crippen molar-refractivity contribution in [2.45, 2.75) is 6.54 Å². The lowest BCUT2D eigenvalue weighted by atomic mass is 10.2. The van der Waals surface area contributed by atoms with Crippen molar-refractivity contribution in [2.24, 2.45) is 0 Å². The molecule has 8 nitrogen and oxygen atoms in total. The van der Waals surface area contributed by atoms with Gasteiger partial charge in [0.1, 0.15) is 0 Å². The molecule has 0 saturated heterocycles. The average Bonchev–Trinajstić information content (AvgIpc) is 2.58. The molecular formula is C16H13N5O3. The number of nitrogens with one attached hydrogen (secondary N) is 1. The summed E-state index contributed by atoms with van der Waals surface area (Å²) in [5.74, 6) is 0.165. The lowest BCUT2D eigenvalue weighted by Crippen LogP contribution is -2.21. The molecule has 1 N–H and O–H groups in total. The highest BCUT2D eigenvalue weighted by Gasteiger charge is 2.14. The molecule has 3 aromatic rings. The van der Waals surface area contributed by atoms with Crippen LogP contribution in [0.5, 0.6) is 0 Å². The third-order valence-corrected chi connectivity index (χ3v) is 3.31. The maximum Gasteiger partial charge on any atom is 0.347 e. The van der Waals surface area contributed by atoms with Crippen molar-refractivity contribution in [2.75, 3.05) is 5.32 Å². The van der Waals surface area contributed by atoms with Crippen LogP contribution < -0.4 is 11.0 Å². The standard InChI is InChI=1S/C16H13N5O3/c22-16-18-8-3-9-20(16)11-12-4-1-5-13(10-12)19-15-14(21(23)24)6-2-7-17-15/h1-10H,11H2,(H,17,19). The molecule has 0 bridgehead atoms. The van der Waals surface area contributed by atoms with Crippen LogP contribution in [0.25, 0.3) is 0 Å². The van der Waals surface area contributed by atoms with Crippen LogP contribution in [0, 0.1) is 10.1 Å². The van der Waals surface area contributed by atoms with Crippen molar-refractivity contribution in [3.8, 4) is 0 Å². The summed E-state index contributed by atoms with van der Waals surface area (Å²) in [5.41, 5.74) is 1.06. The van der Waals surface area contributed by atoms with Crippen molar-refractivity contribution in [1.82, 2.24) is 14.5 Å². The van der Waals surface area contributed by atoms with Crippen LogP contribution in [-0.2, 0) is 6.54 Å². The first kappa shape index (κ1) is 15.3. The highest BCUT2D eigenvalue weighted by atomic mass is 16.6. The van der Waals surface area contributed by atoms with Crippen LogP contribution in [0.2, 0.25) is 0 Å². The van der Waals surface area contributed by atoms with Crippen molar-refractivity contribution in [3.63, 3.8) is 0 Å². The molecule has 0 fully saturated rings. The Bertz CT molecular complexity index is 939. The van der Waals surface area contributed by atoms with Crippen LogP contribution in [0.4, 0.5) is 17.2 Å². The first-order valence-corrected chi connectivity index (χ1v) is 7.10. The smallest absolute Gasteiger partial charge is 0.334 e. The number of hydrogen-bond acceptors (Lipinski definition) is 6. The number of benzene rings is 1. The summed E-state index contributed by atoms with van der Waals surface area (Å²) in [4.78, 5) is 29.9. The van der Waals surface area contributed by atoms with E-state index in [1.54, 1.807) is 30.5 Å². The quantitative estimate of drug-likeness (QED) is 0.571. The monoisotopic (exact) mass is 323 g/mol. The Balaban J connectivity index is 1.85. The van der Waals surface area contributed by atoms with E-state index in [4.69, 9.17) is 0 Å². The minimum atomic E-state index is -0.492. The summed E-state index contributed by atoms with van der Waals surface area (Å²) in [7, 11) is 0. The maximum absolute atomic E-state index is 11.7. The van der Waals surface area contributed by atoms with E-state index in [0.29, 0.717) is 12.2 Å². The summed E-state index contributed by atoms with van der Waals surface area (Å²) >= 11 is 0. The van der Waals surface area contributed by atoms with E-state index in [1.807, 2.05) is 6.07 Å². The van der Waals surface area contributed by atoms with Crippen molar-refractivity contribution >= 4 is 17.2 Å². The average molecular weight is 323 g/mol. The largest absolute Gasteiger partial charge is 0.347 e. The number of nitro groups is 1. The van der Waals surface area contributed by atoms with Gasteiger partial charge in [0.15, 0.2) is 0 Å². The van der Waals surface area contributed by atoms with Gasteiger partial charge in [0.2, 0.25) is 5.82 Å². The van der Waals surface area contributed by atoms with Gasteiger partial charge in [-0.2, -0.15) is 0 Å². The van der Waals surface area contributed by atoms with Crippen molar-refractivity contribution in [3.05, 3.63) is 87.2 Å². The normalized spacial score (nSPS) is 10.3. The van der Waals surface area contributed by atoms with Gasteiger partial charge in [-0.15, -0.1) is 0 Å². The minimum absolute atomic E-state index is 0.105. The second-order valence-corrected chi connectivity index (χ2v) is 4.98. The second-order valence-electron chi connectivity index (χ2n) is 4.98. The zero-order valence-corrected chi connectivity index (χ0v) is 12.5. The van der Waals surface area contributed by atoms with Gasteiger partial charge in [-0.05, 0) is 29.8 Å². The van der Waals surface area contributed by atoms with E-state index in [-0.39, 0.29) is 17.2 Å². The zero-order chi connectivity index (χ0) is 16.9. The Morgan fingerprint density at radius 1 is 1.12 bits per heavy atom. The van der Waals surface area contributed by atoms with Gasteiger partial charge >= 0.3 is 11.4 Å². The highest BCUT2D eigenvalue weighted by Crippen LogP contribution is 2.24. The Morgan fingerprint density at radius 2 is 1.96 bits per heavy atom. The third-order valence-electron chi connectivity index (χ3n) is 3.31. The van der Waals surface area contributed by atoms with Crippen LogP contribution in [0.3, 0.4) is 0 Å². The predicted octanol–water partition coefficient (Wildman–Crippen LogP) is 2.34. The minimum Gasteiger partial charge on any atom is -0.334 e. The van der Waals surface area contributed by atoms with Crippen LogP contribution in [0.1, 0.15) is 5.56 Å². The first-order valence-electron chi connectivity index (χ1n) is 7.10. The van der Waals surface area contributed by atoms with Gasteiger partial charge in [0, 0.05) is 30.3 Å². The predicted molar refractivity (Wildman–Crippen MR) is 88.2 cm³/mol. The molecule has 3 rings (SSSR count). The number of pyridine rings is 1. The van der Waals surface area contributed by atoms with Gasteiger partial charge in [-0.1, -0.05) is 12.1 Å². The lowest BCUT2D eigenvalue weighted by Gasteiger charge is -2.09. The first-order chi connectivity index (χ1) is 11.6. The van der Waals surface area contributed by atoms with Gasteiger partial charge in [-0.25, -0.2) is 14.8 Å². The molecule has 0 aliphatic rings. The van der Waals surface area contributed by atoms with E-state index in [9.17, 15) is 14.9 Å².